The molecule has 2 aromatic heterocycles. The Bertz CT molecular complexity index is 852. The van der Waals surface area contributed by atoms with E-state index in [0.717, 1.165) is 9.44 Å². The first-order chi connectivity index (χ1) is 11.9. The third-order valence-electron chi connectivity index (χ3n) is 4.08. The lowest BCUT2D eigenvalue weighted by Crippen LogP contribution is -2.44. The highest BCUT2D eigenvalue weighted by molar-refractivity contribution is 7.09. The van der Waals surface area contributed by atoms with Crippen molar-refractivity contribution in [2.45, 2.75) is 33.4 Å². The van der Waals surface area contributed by atoms with E-state index in [-0.39, 0.29) is 23.7 Å². The van der Waals surface area contributed by atoms with Crippen molar-refractivity contribution in [2.24, 2.45) is 7.05 Å². The van der Waals surface area contributed by atoms with Gasteiger partial charge in [-0.25, -0.2) is 4.79 Å². The molecule has 2 rings (SSSR count). The second kappa shape index (κ2) is 8.26. The zero-order valence-corrected chi connectivity index (χ0v) is 15.6. The standard InChI is InChI=1S/C17H24N4O3S/c1-4-8-21-15(18)14(16(23)19(3)17(21)24)13(22)11-20(5-2)10-12-7-6-9-25-12/h6-7,9H,4-5,8,10-11,18H2,1-3H3. The molecule has 0 fully saturated rings. The third kappa shape index (κ3) is 4.08. The molecule has 25 heavy (non-hydrogen) atoms. The first-order valence-electron chi connectivity index (χ1n) is 8.27. The maximum atomic E-state index is 12.8. The van der Waals surface area contributed by atoms with Crippen molar-refractivity contribution < 1.29 is 4.79 Å². The minimum Gasteiger partial charge on any atom is -0.384 e. The molecule has 0 bridgehead atoms. The summed E-state index contributed by atoms with van der Waals surface area (Å²) >= 11 is 1.62. The fourth-order valence-electron chi connectivity index (χ4n) is 2.67. The molecular formula is C17H24N4O3S. The first kappa shape index (κ1) is 19.1. The molecule has 2 heterocycles. The van der Waals surface area contributed by atoms with Gasteiger partial charge in [0.15, 0.2) is 5.78 Å². The van der Waals surface area contributed by atoms with Gasteiger partial charge in [-0.2, -0.15) is 0 Å². The van der Waals surface area contributed by atoms with E-state index in [9.17, 15) is 14.4 Å². The Kier molecular flexibility index (Phi) is 6.33. The number of anilines is 1. The second-order valence-corrected chi connectivity index (χ2v) is 6.90. The minimum atomic E-state index is -0.632. The lowest BCUT2D eigenvalue weighted by molar-refractivity contribution is 0.0928. The van der Waals surface area contributed by atoms with Crippen LogP contribution < -0.4 is 17.0 Å². The Labute approximate surface area is 150 Å². The Morgan fingerprint density at radius 3 is 2.60 bits per heavy atom. The highest BCUT2D eigenvalue weighted by atomic mass is 32.1. The number of nitrogen functional groups attached to an aromatic ring is 1. The number of Topliss-reactive ketones (excluding diaryl/α,β-unsaturated/α-hetero) is 1. The molecule has 2 aromatic rings. The van der Waals surface area contributed by atoms with Gasteiger partial charge in [-0.3, -0.25) is 23.6 Å². The summed E-state index contributed by atoms with van der Waals surface area (Å²) in [7, 11) is 1.37. The average Bonchev–Trinajstić information content (AvgIpc) is 3.09. The van der Waals surface area contributed by atoms with E-state index in [0.29, 0.717) is 26.1 Å². The van der Waals surface area contributed by atoms with E-state index >= 15 is 0 Å². The summed E-state index contributed by atoms with van der Waals surface area (Å²) in [4.78, 5) is 40.5. The molecule has 0 spiro atoms. The Morgan fingerprint density at radius 1 is 1.32 bits per heavy atom. The summed E-state index contributed by atoms with van der Waals surface area (Å²) in [6.45, 7) is 5.61. The summed E-state index contributed by atoms with van der Waals surface area (Å²) in [5.74, 6) is -0.395. The van der Waals surface area contributed by atoms with Crippen LogP contribution in [0.4, 0.5) is 5.82 Å². The van der Waals surface area contributed by atoms with Gasteiger partial charge in [-0.05, 0) is 24.4 Å². The number of hydrogen-bond acceptors (Lipinski definition) is 6. The first-order valence-corrected chi connectivity index (χ1v) is 9.15. The van der Waals surface area contributed by atoms with E-state index in [2.05, 4.69) is 0 Å². The molecule has 0 radical (unpaired) electrons. The van der Waals surface area contributed by atoms with Gasteiger partial charge >= 0.3 is 5.69 Å². The SMILES string of the molecule is CCCn1c(N)c(C(=O)CN(CC)Cc2cccs2)c(=O)n(C)c1=O. The summed E-state index contributed by atoms with van der Waals surface area (Å²) in [6, 6.07) is 3.97. The van der Waals surface area contributed by atoms with Gasteiger partial charge in [0.2, 0.25) is 0 Å². The number of ketones is 1. The van der Waals surface area contributed by atoms with Crippen LogP contribution in [0.2, 0.25) is 0 Å². The molecule has 0 saturated carbocycles. The third-order valence-corrected chi connectivity index (χ3v) is 4.94. The number of thiophene rings is 1. The smallest absolute Gasteiger partial charge is 0.332 e. The van der Waals surface area contributed by atoms with E-state index in [1.54, 1.807) is 11.3 Å². The molecule has 0 unspecified atom stereocenters. The topological polar surface area (TPSA) is 90.3 Å². The van der Waals surface area contributed by atoms with Crippen LogP contribution in [-0.4, -0.2) is 32.9 Å². The molecule has 0 aromatic carbocycles. The molecule has 0 aliphatic carbocycles. The van der Waals surface area contributed by atoms with Crippen molar-refractivity contribution in [3.8, 4) is 0 Å². The number of rotatable bonds is 8. The number of carbonyl (C=O) groups is 1. The van der Waals surface area contributed by atoms with Gasteiger partial charge in [-0.15, -0.1) is 11.3 Å². The van der Waals surface area contributed by atoms with Crippen molar-refractivity contribution >= 4 is 22.9 Å². The predicted molar refractivity (Wildman–Crippen MR) is 100 cm³/mol. The number of nitrogens with two attached hydrogens (primary N) is 1. The Morgan fingerprint density at radius 2 is 2.04 bits per heavy atom. The molecule has 0 aliphatic rings. The molecule has 136 valence electrons. The minimum absolute atomic E-state index is 0.0351. The molecule has 7 nitrogen and oxygen atoms in total. The van der Waals surface area contributed by atoms with Gasteiger partial charge in [0, 0.05) is 25.0 Å². The van der Waals surface area contributed by atoms with E-state index in [4.69, 9.17) is 5.73 Å². The highest BCUT2D eigenvalue weighted by Gasteiger charge is 2.22. The van der Waals surface area contributed by atoms with Crippen LogP contribution in [0.3, 0.4) is 0 Å². The van der Waals surface area contributed by atoms with E-state index < -0.39 is 11.2 Å². The highest BCUT2D eigenvalue weighted by Crippen LogP contribution is 2.13. The summed E-state index contributed by atoms with van der Waals surface area (Å²) in [5.41, 5.74) is 4.78. The number of hydrogen-bond donors (Lipinski definition) is 1. The van der Waals surface area contributed by atoms with Gasteiger partial charge < -0.3 is 5.73 Å². The predicted octanol–water partition coefficient (Wildman–Crippen LogP) is 1.31. The fraction of sp³-hybridized carbons (Fsp3) is 0.471. The second-order valence-electron chi connectivity index (χ2n) is 5.86. The summed E-state index contributed by atoms with van der Waals surface area (Å²) in [5, 5.41) is 1.99. The molecule has 0 atom stereocenters. The lowest BCUT2D eigenvalue weighted by atomic mass is 10.1. The number of likely N-dealkylation sites (N-methyl/N-ethyl adjacent to an activating group) is 1. The zero-order chi connectivity index (χ0) is 18.6. The van der Waals surface area contributed by atoms with Crippen LogP contribution in [0, 0.1) is 0 Å². The van der Waals surface area contributed by atoms with Crippen LogP contribution >= 0.6 is 11.3 Å². The van der Waals surface area contributed by atoms with Crippen LogP contribution in [0.25, 0.3) is 0 Å². The molecule has 0 amide bonds. The zero-order valence-electron chi connectivity index (χ0n) is 14.8. The van der Waals surface area contributed by atoms with Crippen molar-refractivity contribution in [1.29, 1.82) is 0 Å². The van der Waals surface area contributed by atoms with Crippen molar-refractivity contribution in [3.05, 3.63) is 48.8 Å². The number of carbonyl (C=O) groups excluding carboxylic acids is 1. The van der Waals surface area contributed by atoms with Gasteiger partial charge in [0.25, 0.3) is 5.56 Å². The van der Waals surface area contributed by atoms with E-state index in [1.165, 1.54) is 11.6 Å². The maximum absolute atomic E-state index is 12.8. The van der Waals surface area contributed by atoms with Crippen LogP contribution in [-0.2, 0) is 20.1 Å². The van der Waals surface area contributed by atoms with Gasteiger partial charge in [-0.1, -0.05) is 19.9 Å². The largest absolute Gasteiger partial charge is 0.384 e. The molecular weight excluding hydrogens is 340 g/mol. The number of nitrogens with zero attached hydrogens (tertiary/aromatic N) is 3. The van der Waals surface area contributed by atoms with Crippen LogP contribution in [0.5, 0.6) is 0 Å². The molecule has 0 saturated heterocycles. The maximum Gasteiger partial charge on any atom is 0.332 e. The van der Waals surface area contributed by atoms with Crippen molar-refractivity contribution in [3.63, 3.8) is 0 Å². The normalized spacial score (nSPS) is 11.2. The van der Waals surface area contributed by atoms with Crippen LogP contribution in [0.1, 0.15) is 35.5 Å². The van der Waals surface area contributed by atoms with Crippen LogP contribution in [0.15, 0.2) is 27.1 Å². The van der Waals surface area contributed by atoms with Gasteiger partial charge in [0.05, 0.1) is 6.54 Å². The summed E-state index contributed by atoms with van der Waals surface area (Å²) in [6.07, 6.45) is 0.676. The summed E-state index contributed by atoms with van der Waals surface area (Å²) < 4.78 is 2.25. The molecule has 2 N–H and O–H groups in total. The Balaban J connectivity index is 2.35. The van der Waals surface area contributed by atoms with Gasteiger partial charge in [0.1, 0.15) is 11.4 Å². The lowest BCUT2D eigenvalue weighted by Gasteiger charge is -2.20. The van der Waals surface area contributed by atoms with E-state index in [1.807, 2.05) is 36.3 Å². The monoisotopic (exact) mass is 364 g/mol. The van der Waals surface area contributed by atoms with Crippen molar-refractivity contribution in [2.75, 3.05) is 18.8 Å². The average molecular weight is 364 g/mol. The Hall–Kier alpha value is -2.19. The number of aromatic nitrogens is 2. The van der Waals surface area contributed by atoms with Crippen molar-refractivity contribution in [1.82, 2.24) is 14.0 Å². The quantitative estimate of drug-likeness (QED) is 0.713. The fourth-order valence-corrected chi connectivity index (χ4v) is 3.42. The molecule has 8 heteroatoms. The molecule has 0 aliphatic heterocycles.